The van der Waals surface area contributed by atoms with E-state index in [9.17, 15) is 0 Å². The van der Waals surface area contributed by atoms with E-state index in [2.05, 4.69) is 31.2 Å². The molecule has 1 aromatic rings. The molecule has 1 aromatic carbocycles. The molecule has 1 heteroatoms. The molecule has 0 spiro atoms. The van der Waals surface area contributed by atoms with E-state index in [4.69, 9.17) is 4.74 Å². The summed E-state index contributed by atoms with van der Waals surface area (Å²) >= 11 is 0. The Hall–Kier alpha value is -1.24. The molecule has 0 bridgehead atoms. The van der Waals surface area contributed by atoms with Gasteiger partial charge in [0.25, 0.3) is 0 Å². The Morgan fingerprint density at radius 3 is 2.93 bits per heavy atom. The number of fused-ring (bicyclic) bond motifs is 1. The third-order valence-electron chi connectivity index (χ3n) is 2.80. The fraction of sp³-hybridized carbons (Fsp3) is 0.357. The number of unbranched alkanes of at least 4 members (excludes halogenated alkanes) is 2. The van der Waals surface area contributed by atoms with E-state index in [0.29, 0.717) is 0 Å². The lowest BCUT2D eigenvalue weighted by Gasteiger charge is -2.22. The molecule has 1 heterocycles. The van der Waals surface area contributed by atoms with Crippen molar-refractivity contribution in [3.8, 4) is 0 Å². The maximum Gasteiger partial charge on any atom is 0.123 e. The van der Waals surface area contributed by atoms with Crippen molar-refractivity contribution in [2.75, 3.05) is 0 Å². The predicted molar refractivity (Wildman–Crippen MR) is 63.1 cm³/mol. The quantitative estimate of drug-likeness (QED) is 0.666. The van der Waals surface area contributed by atoms with Gasteiger partial charge in [-0.1, -0.05) is 44.0 Å². The molecule has 1 nitrogen and oxygen atoms in total. The number of hydrogen-bond acceptors (Lipinski definition) is 1. The van der Waals surface area contributed by atoms with Gasteiger partial charge in [0.15, 0.2) is 0 Å². The molecular formula is C14H17O. The van der Waals surface area contributed by atoms with Crippen LogP contribution < -0.4 is 0 Å². The Balaban J connectivity index is 2.05. The molecule has 1 aliphatic heterocycles. The molecule has 1 atom stereocenters. The van der Waals surface area contributed by atoms with Crippen LogP contribution in [-0.4, -0.2) is 0 Å². The Morgan fingerprint density at radius 2 is 2.07 bits per heavy atom. The van der Waals surface area contributed by atoms with Crippen LogP contribution in [0.3, 0.4) is 0 Å². The maximum atomic E-state index is 5.65. The van der Waals surface area contributed by atoms with Crippen LogP contribution in [0.25, 0.3) is 6.08 Å². The summed E-state index contributed by atoms with van der Waals surface area (Å²) in [5.41, 5.74) is 2.62. The Labute approximate surface area is 91.8 Å². The van der Waals surface area contributed by atoms with Crippen molar-refractivity contribution >= 4 is 6.08 Å². The van der Waals surface area contributed by atoms with E-state index in [-0.39, 0.29) is 6.10 Å². The van der Waals surface area contributed by atoms with Crippen molar-refractivity contribution in [1.29, 1.82) is 0 Å². The second kappa shape index (κ2) is 5.01. The lowest BCUT2D eigenvalue weighted by Crippen LogP contribution is -2.06. The molecule has 0 aliphatic carbocycles. The van der Waals surface area contributed by atoms with Gasteiger partial charge in [-0.05, 0) is 30.0 Å². The summed E-state index contributed by atoms with van der Waals surface area (Å²) in [6.45, 7) is 3.86. The van der Waals surface area contributed by atoms with Crippen LogP contribution in [0.4, 0.5) is 0 Å². The van der Waals surface area contributed by atoms with Gasteiger partial charge in [-0.15, -0.1) is 0 Å². The largest absolute Gasteiger partial charge is 0.493 e. The van der Waals surface area contributed by atoms with Crippen LogP contribution in [0.5, 0.6) is 0 Å². The molecule has 0 N–H and O–H groups in total. The van der Waals surface area contributed by atoms with Crippen LogP contribution in [0, 0.1) is 6.92 Å². The summed E-state index contributed by atoms with van der Waals surface area (Å²) in [4.78, 5) is 0. The smallest absolute Gasteiger partial charge is 0.123 e. The molecule has 1 radical (unpaired) electrons. The minimum absolute atomic E-state index is 0.248. The zero-order valence-corrected chi connectivity index (χ0v) is 8.99. The molecule has 0 amide bonds. The summed E-state index contributed by atoms with van der Waals surface area (Å²) < 4.78 is 5.65. The molecule has 1 unspecified atom stereocenters. The van der Waals surface area contributed by atoms with Crippen LogP contribution in [0.15, 0.2) is 30.5 Å². The Morgan fingerprint density at radius 1 is 1.20 bits per heavy atom. The van der Waals surface area contributed by atoms with E-state index in [1.165, 1.54) is 24.0 Å². The molecule has 79 valence electrons. The lowest BCUT2D eigenvalue weighted by atomic mass is 9.97. The second-order valence-corrected chi connectivity index (χ2v) is 3.91. The Bertz CT molecular complexity index is 341. The highest BCUT2D eigenvalue weighted by Crippen LogP contribution is 2.31. The summed E-state index contributed by atoms with van der Waals surface area (Å²) in [5, 5.41) is 0. The van der Waals surface area contributed by atoms with Crippen LogP contribution >= 0.6 is 0 Å². The van der Waals surface area contributed by atoms with Gasteiger partial charge < -0.3 is 4.74 Å². The first-order valence-corrected chi connectivity index (χ1v) is 5.62. The summed E-state index contributed by atoms with van der Waals surface area (Å²) in [6.07, 6.45) is 8.59. The van der Waals surface area contributed by atoms with E-state index in [1.54, 1.807) is 0 Å². The predicted octanol–water partition coefficient (Wildman–Crippen LogP) is 4.12. The molecule has 15 heavy (non-hydrogen) atoms. The summed E-state index contributed by atoms with van der Waals surface area (Å²) in [5.74, 6) is 0. The molecule has 0 fully saturated rings. The van der Waals surface area contributed by atoms with Gasteiger partial charge in [0.1, 0.15) is 6.10 Å². The monoisotopic (exact) mass is 201 g/mol. The van der Waals surface area contributed by atoms with E-state index < -0.39 is 0 Å². The van der Waals surface area contributed by atoms with Crippen molar-refractivity contribution in [1.82, 2.24) is 0 Å². The van der Waals surface area contributed by atoms with Crippen molar-refractivity contribution < 1.29 is 4.74 Å². The van der Waals surface area contributed by atoms with Gasteiger partial charge in [0.2, 0.25) is 0 Å². The highest BCUT2D eigenvalue weighted by Gasteiger charge is 2.16. The molecule has 1 aliphatic rings. The van der Waals surface area contributed by atoms with Crippen LogP contribution in [-0.2, 0) is 4.74 Å². The number of benzene rings is 1. The SMILES string of the molecule is [CH2]CCCCC1OC=Cc2ccccc21. The van der Waals surface area contributed by atoms with Gasteiger partial charge in [-0.25, -0.2) is 0 Å². The average Bonchev–Trinajstić information content (AvgIpc) is 2.30. The van der Waals surface area contributed by atoms with E-state index >= 15 is 0 Å². The van der Waals surface area contributed by atoms with Crippen molar-refractivity contribution in [3.63, 3.8) is 0 Å². The first-order chi connectivity index (χ1) is 7.42. The van der Waals surface area contributed by atoms with Crippen molar-refractivity contribution in [2.24, 2.45) is 0 Å². The van der Waals surface area contributed by atoms with Crippen molar-refractivity contribution in [2.45, 2.75) is 31.8 Å². The number of rotatable bonds is 4. The van der Waals surface area contributed by atoms with Crippen LogP contribution in [0.1, 0.15) is 42.9 Å². The molecule has 0 aromatic heterocycles. The Kier molecular flexibility index (Phi) is 3.44. The van der Waals surface area contributed by atoms with Gasteiger partial charge in [-0.3, -0.25) is 0 Å². The summed E-state index contributed by atoms with van der Waals surface area (Å²) in [7, 11) is 0. The summed E-state index contributed by atoms with van der Waals surface area (Å²) in [6, 6.07) is 8.45. The van der Waals surface area contributed by atoms with Crippen LogP contribution in [0.2, 0.25) is 0 Å². The van der Waals surface area contributed by atoms with Gasteiger partial charge >= 0.3 is 0 Å². The highest BCUT2D eigenvalue weighted by atomic mass is 16.5. The van der Waals surface area contributed by atoms with Crippen molar-refractivity contribution in [3.05, 3.63) is 48.6 Å². The zero-order valence-electron chi connectivity index (χ0n) is 8.99. The van der Waals surface area contributed by atoms with E-state index in [0.717, 1.165) is 12.8 Å². The molecular weight excluding hydrogens is 184 g/mol. The topological polar surface area (TPSA) is 9.23 Å². The minimum Gasteiger partial charge on any atom is -0.493 e. The third-order valence-corrected chi connectivity index (χ3v) is 2.80. The zero-order chi connectivity index (χ0) is 10.5. The normalized spacial score (nSPS) is 18.3. The van der Waals surface area contributed by atoms with E-state index in [1.807, 2.05) is 12.3 Å². The molecule has 0 saturated heterocycles. The molecule has 0 saturated carbocycles. The lowest BCUT2D eigenvalue weighted by molar-refractivity contribution is 0.132. The minimum atomic E-state index is 0.248. The van der Waals surface area contributed by atoms with Gasteiger partial charge in [0, 0.05) is 0 Å². The fourth-order valence-electron chi connectivity index (χ4n) is 1.97. The third kappa shape index (κ3) is 2.41. The first kappa shape index (κ1) is 10.3. The second-order valence-electron chi connectivity index (χ2n) is 3.91. The standard InChI is InChI=1S/C14H17O/c1-2-3-4-9-14-13-8-6-5-7-12(13)10-11-15-14/h5-8,10-11,14H,1-4,9H2. The van der Waals surface area contributed by atoms with Gasteiger partial charge in [-0.2, -0.15) is 0 Å². The average molecular weight is 201 g/mol. The fourth-order valence-corrected chi connectivity index (χ4v) is 1.97. The number of hydrogen-bond donors (Lipinski definition) is 0. The molecule has 2 rings (SSSR count). The highest BCUT2D eigenvalue weighted by molar-refractivity contribution is 5.55. The first-order valence-electron chi connectivity index (χ1n) is 5.62. The van der Waals surface area contributed by atoms with Gasteiger partial charge in [0.05, 0.1) is 6.26 Å². The number of ether oxygens (including phenoxy) is 1. The maximum absolute atomic E-state index is 5.65.